The Bertz CT molecular complexity index is 1150. The standard InChI is InChI=1S/C18H12BrN3O4/c19-11-6-10-4-5-21-9-15(17(23)14(7-11)16(10)21)18(24)20-12-2-1-3-13(8-12)22(25)26/h1-3,6-9H,4-5H2,(H,20,24). The number of rotatable bonds is 3. The quantitative estimate of drug-likeness (QED) is 0.525. The maximum Gasteiger partial charge on any atom is 0.271 e. The van der Waals surface area contributed by atoms with E-state index in [1.165, 1.54) is 24.3 Å². The third-order valence-corrected chi connectivity index (χ3v) is 4.85. The molecule has 0 aliphatic carbocycles. The fourth-order valence-corrected chi connectivity index (χ4v) is 3.76. The first kappa shape index (κ1) is 16.5. The highest BCUT2D eigenvalue weighted by atomic mass is 79.9. The molecule has 0 saturated carbocycles. The van der Waals surface area contributed by atoms with Gasteiger partial charge >= 0.3 is 0 Å². The van der Waals surface area contributed by atoms with Gasteiger partial charge in [-0.2, -0.15) is 0 Å². The Morgan fingerprint density at radius 2 is 2.08 bits per heavy atom. The minimum Gasteiger partial charge on any atom is -0.346 e. The van der Waals surface area contributed by atoms with Crippen molar-refractivity contribution in [2.24, 2.45) is 0 Å². The highest BCUT2D eigenvalue weighted by Gasteiger charge is 2.21. The number of nitrogens with one attached hydrogen (secondary N) is 1. The van der Waals surface area contributed by atoms with E-state index in [0.29, 0.717) is 11.9 Å². The van der Waals surface area contributed by atoms with E-state index in [9.17, 15) is 19.7 Å². The molecule has 3 aromatic rings. The summed E-state index contributed by atoms with van der Waals surface area (Å²) in [4.78, 5) is 35.8. The third kappa shape index (κ3) is 2.68. The summed E-state index contributed by atoms with van der Waals surface area (Å²) in [5.41, 5.74) is 1.70. The zero-order valence-electron chi connectivity index (χ0n) is 13.4. The topological polar surface area (TPSA) is 94.2 Å². The average Bonchev–Trinajstić information content (AvgIpc) is 3.01. The number of hydrogen-bond acceptors (Lipinski definition) is 4. The van der Waals surface area contributed by atoms with Crippen molar-refractivity contribution < 1.29 is 9.72 Å². The number of hydrogen-bond donors (Lipinski definition) is 1. The first-order valence-electron chi connectivity index (χ1n) is 7.85. The summed E-state index contributed by atoms with van der Waals surface area (Å²) < 4.78 is 2.70. The number of pyridine rings is 1. The van der Waals surface area contributed by atoms with Gasteiger partial charge in [0.2, 0.25) is 5.43 Å². The molecule has 1 N–H and O–H groups in total. The van der Waals surface area contributed by atoms with E-state index in [-0.39, 0.29) is 22.4 Å². The molecule has 2 heterocycles. The van der Waals surface area contributed by atoms with Crippen molar-refractivity contribution in [1.82, 2.24) is 4.57 Å². The third-order valence-electron chi connectivity index (χ3n) is 4.40. The number of nitro groups is 1. The number of amides is 1. The molecule has 26 heavy (non-hydrogen) atoms. The minimum absolute atomic E-state index is 0.00922. The molecular formula is C18H12BrN3O4. The maximum atomic E-state index is 12.8. The van der Waals surface area contributed by atoms with Crippen LogP contribution in [0.4, 0.5) is 11.4 Å². The monoisotopic (exact) mass is 413 g/mol. The second-order valence-corrected chi connectivity index (χ2v) is 6.95. The minimum atomic E-state index is -0.588. The Kier molecular flexibility index (Phi) is 3.84. The van der Waals surface area contributed by atoms with Crippen LogP contribution in [0, 0.1) is 10.1 Å². The summed E-state index contributed by atoms with van der Waals surface area (Å²) in [6, 6.07) is 9.30. The fraction of sp³-hybridized carbons (Fsp3) is 0.111. The SMILES string of the molecule is O=C(Nc1cccc([N+](=O)[O-])c1)c1cn2c3c(cc(Br)cc3c1=O)CC2. The number of carbonyl (C=O) groups excluding carboxylic acids is 1. The van der Waals surface area contributed by atoms with Crippen molar-refractivity contribution in [3.05, 3.63) is 78.5 Å². The second-order valence-electron chi connectivity index (χ2n) is 6.04. The van der Waals surface area contributed by atoms with Gasteiger partial charge in [0, 0.05) is 40.4 Å². The predicted molar refractivity (Wildman–Crippen MR) is 101 cm³/mol. The van der Waals surface area contributed by atoms with Crippen LogP contribution in [0.2, 0.25) is 0 Å². The summed E-state index contributed by atoms with van der Waals surface area (Å²) in [7, 11) is 0. The van der Waals surface area contributed by atoms with E-state index in [1.807, 2.05) is 10.6 Å². The molecule has 8 heteroatoms. The molecule has 0 atom stereocenters. The maximum absolute atomic E-state index is 12.8. The summed E-state index contributed by atoms with van der Waals surface area (Å²) in [5, 5.41) is 13.9. The molecule has 0 bridgehead atoms. The van der Waals surface area contributed by atoms with Crippen molar-refractivity contribution in [3.63, 3.8) is 0 Å². The zero-order chi connectivity index (χ0) is 18.4. The van der Waals surface area contributed by atoms with Crippen molar-refractivity contribution >= 4 is 44.1 Å². The molecule has 1 aliphatic rings. The summed E-state index contributed by atoms with van der Waals surface area (Å²) in [5.74, 6) is -0.588. The molecule has 1 amide bonds. The lowest BCUT2D eigenvalue weighted by Gasteiger charge is -2.10. The highest BCUT2D eigenvalue weighted by molar-refractivity contribution is 9.10. The van der Waals surface area contributed by atoms with E-state index >= 15 is 0 Å². The van der Waals surface area contributed by atoms with Gasteiger partial charge in [-0.1, -0.05) is 22.0 Å². The molecular weight excluding hydrogens is 402 g/mol. The van der Waals surface area contributed by atoms with Crippen LogP contribution in [0.25, 0.3) is 10.9 Å². The number of non-ortho nitro benzene ring substituents is 1. The Labute approximate surface area is 155 Å². The average molecular weight is 414 g/mol. The number of anilines is 1. The van der Waals surface area contributed by atoms with E-state index in [1.54, 1.807) is 12.3 Å². The van der Waals surface area contributed by atoms with Gasteiger partial charge in [-0.15, -0.1) is 0 Å². The molecule has 1 aromatic heterocycles. The number of carbonyl (C=O) groups is 1. The molecule has 7 nitrogen and oxygen atoms in total. The lowest BCUT2D eigenvalue weighted by atomic mass is 10.1. The van der Waals surface area contributed by atoms with Gasteiger partial charge in [0.05, 0.1) is 10.4 Å². The first-order valence-corrected chi connectivity index (χ1v) is 8.65. The van der Waals surface area contributed by atoms with Crippen LogP contribution in [0.1, 0.15) is 15.9 Å². The van der Waals surface area contributed by atoms with E-state index in [2.05, 4.69) is 21.2 Å². The Hall–Kier alpha value is -3.00. The van der Waals surface area contributed by atoms with Crippen molar-refractivity contribution in [3.8, 4) is 0 Å². The summed E-state index contributed by atoms with van der Waals surface area (Å²) >= 11 is 3.41. The number of benzene rings is 2. The number of nitro benzene ring substituents is 1. The lowest BCUT2D eigenvalue weighted by molar-refractivity contribution is -0.384. The van der Waals surface area contributed by atoms with E-state index in [4.69, 9.17) is 0 Å². The van der Waals surface area contributed by atoms with Crippen LogP contribution in [0.3, 0.4) is 0 Å². The van der Waals surface area contributed by atoms with Gasteiger partial charge < -0.3 is 9.88 Å². The van der Waals surface area contributed by atoms with Gasteiger partial charge in [0.15, 0.2) is 0 Å². The lowest BCUT2D eigenvalue weighted by Crippen LogP contribution is -2.23. The molecule has 0 fully saturated rings. The second kappa shape index (κ2) is 6.06. The zero-order valence-corrected chi connectivity index (χ0v) is 14.9. The van der Waals surface area contributed by atoms with Crippen molar-refractivity contribution in [2.75, 3.05) is 5.32 Å². The predicted octanol–water partition coefficient (Wildman–Crippen LogP) is 3.48. The summed E-state index contributed by atoms with van der Waals surface area (Å²) in [6.45, 7) is 0.694. The van der Waals surface area contributed by atoms with Crippen LogP contribution < -0.4 is 10.7 Å². The van der Waals surface area contributed by atoms with Gasteiger partial charge in [0.25, 0.3) is 11.6 Å². The van der Waals surface area contributed by atoms with E-state index < -0.39 is 10.8 Å². The molecule has 0 spiro atoms. The van der Waals surface area contributed by atoms with Crippen LogP contribution in [-0.2, 0) is 13.0 Å². The molecule has 0 radical (unpaired) electrons. The molecule has 4 rings (SSSR count). The number of aryl methyl sites for hydroxylation is 2. The van der Waals surface area contributed by atoms with Crippen molar-refractivity contribution in [2.45, 2.75) is 13.0 Å². The fourth-order valence-electron chi connectivity index (χ4n) is 3.26. The van der Waals surface area contributed by atoms with Crippen LogP contribution in [0.5, 0.6) is 0 Å². The number of nitrogens with zero attached hydrogens (tertiary/aromatic N) is 2. The first-order chi connectivity index (χ1) is 12.4. The smallest absolute Gasteiger partial charge is 0.271 e. The van der Waals surface area contributed by atoms with Gasteiger partial charge in [-0.25, -0.2) is 0 Å². The Morgan fingerprint density at radius 1 is 1.27 bits per heavy atom. The summed E-state index contributed by atoms with van der Waals surface area (Å²) in [6.07, 6.45) is 2.35. The molecule has 1 aliphatic heterocycles. The largest absolute Gasteiger partial charge is 0.346 e. The van der Waals surface area contributed by atoms with Crippen LogP contribution in [0.15, 0.2) is 51.9 Å². The number of halogens is 1. The van der Waals surface area contributed by atoms with E-state index in [0.717, 1.165) is 22.0 Å². The Morgan fingerprint density at radius 3 is 2.85 bits per heavy atom. The van der Waals surface area contributed by atoms with Gasteiger partial charge in [0.1, 0.15) is 5.56 Å². The van der Waals surface area contributed by atoms with Crippen LogP contribution in [-0.4, -0.2) is 15.4 Å². The molecule has 130 valence electrons. The van der Waals surface area contributed by atoms with Crippen LogP contribution >= 0.6 is 15.9 Å². The Balaban J connectivity index is 1.77. The normalized spacial score (nSPS) is 12.3. The van der Waals surface area contributed by atoms with Crippen molar-refractivity contribution in [1.29, 1.82) is 0 Å². The van der Waals surface area contributed by atoms with Gasteiger partial charge in [-0.3, -0.25) is 19.7 Å². The molecule has 0 unspecified atom stereocenters. The van der Waals surface area contributed by atoms with Gasteiger partial charge in [-0.05, 0) is 30.2 Å². The molecule has 2 aromatic carbocycles. The molecule has 0 saturated heterocycles. The highest BCUT2D eigenvalue weighted by Crippen LogP contribution is 2.28. The number of aromatic nitrogens is 1.